The van der Waals surface area contributed by atoms with Crippen molar-refractivity contribution in [3.8, 4) is 5.75 Å². The van der Waals surface area contributed by atoms with Crippen LogP contribution in [0.2, 0.25) is 0 Å². The number of methoxy groups -OCH3 is 1. The average molecular weight is 464 g/mol. The first-order valence-corrected chi connectivity index (χ1v) is 8.84. The number of aromatic nitrogens is 3. The average Bonchev–Trinajstić information content (AvgIpc) is 3.07. The summed E-state index contributed by atoms with van der Waals surface area (Å²) in [5, 5.41) is 15.3. The van der Waals surface area contributed by atoms with Crippen molar-refractivity contribution >= 4 is 17.0 Å². The Morgan fingerprint density at radius 3 is 2.25 bits per heavy atom. The van der Waals surface area contributed by atoms with Crippen LogP contribution < -0.4 is 10.1 Å². The maximum Gasteiger partial charge on any atom is 0.490 e. The van der Waals surface area contributed by atoms with E-state index in [2.05, 4.69) is 15.4 Å². The van der Waals surface area contributed by atoms with Crippen LogP contribution in [0.5, 0.6) is 5.75 Å². The molecule has 0 amide bonds. The van der Waals surface area contributed by atoms with Gasteiger partial charge in [-0.1, -0.05) is 0 Å². The molecule has 0 atom stereocenters. The third kappa shape index (κ3) is 6.83. The Labute approximate surface area is 177 Å². The van der Waals surface area contributed by atoms with Crippen LogP contribution in [0.15, 0.2) is 36.7 Å². The second kappa shape index (κ2) is 9.85. The SMILES string of the molecule is COc1cc(CNCc2cnc3c(cnn3C)c2)cc(C(F)(F)F)c1.O=C(O)C(F)(F)F. The van der Waals surface area contributed by atoms with Gasteiger partial charge in [0.2, 0.25) is 0 Å². The van der Waals surface area contributed by atoms with Crippen LogP contribution in [0.3, 0.4) is 0 Å². The van der Waals surface area contributed by atoms with E-state index in [1.807, 2.05) is 13.1 Å². The maximum absolute atomic E-state index is 12.9. The summed E-state index contributed by atoms with van der Waals surface area (Å²) in [6.45, 7) is 0.766. The van der Waals surface area contributed by atoms with E-state index in [4.69, 9.17) is 14.6 Å². The molecule has 0 bridgehead atoms. The van der Waals surface area contributed by atoms with E-state index in [1.54, 1.807) is 23.1 Å². The second-order valence-electron chi connectivity index (χ2n) is 6.50. The zero-order valence-electron chi connectivity index (χ0n) is 16.8. The number of aryl methyl sites for hydroxylation is 1. The van der Waals surface area contributed by atoms with Crippen LogP contribution in [0.1, 0.15) is 16.7 Å². The molecule has 0 fully saturated rings. The van der Waals surface area contributed by atoms with Crippen LogP contribution in [0, 0.1) is 0 Å². The Morgan fingerprint density at radius 1 is 1.06 bits per heavy atom. The van der Waals surface area contributed by atoms with Gasteiger partial charge in [0.05, 0.1) is 18.9 Å². The Balaban J connectivity index is 0.000000451. The minimum atomic E-state index is -5.08. The third-order valence-corrected chi connectivity index (χ3v) is 4.06. The molecule has 13 heteroatoms. The third-order valence-electron chi connectivity index (χ3n) is 4.06. The predicted octanol–water partition coefficient (Wildman–Crippen LogP) is 3.92. The number of ether oxygens (including phenoxy) is 1. The molecule has 174 valence electrons. The number of hydrogen-bond donors (Lipinski definition) is 2. The molecule has 0 saturated carbocycles. The number of aliphatic carboxylic acids is 1. The summed E-state index contributed by atoms with van der Waals surface area (Å²) in [6.07, 6.45) is -6.04. The molecule has 32 heavy (non-hydrogen) atoms. The second-order valence-corrected chi connectivity index (χ2v) is 6.50. The van der Waals surface area contributed by atoms with Crippen LogP contribution in [0.25, 0.3) is 11.0 Å². The predicted molar refractivity (Wildman–Crippen MR) is 101 cm³/mol. The number of carboxylic acid groups (broad SMARTS) is 1. The Kier molecular flexibility index (Phi) is 7.67. The summed E-state index contributed by atoms with van der Waals surface area (Å²) in [6, 6.07) is 5.65. The van der Waals surface area contributed by atoms with Gasteiger partial charge in [-0.05, 0) is 35.4 Å². The number of nitrogens with one attached hydrogen (secondary N) is 1. The zero-order valence-corrected chi connectivity index (χ0v) is 16.8. The summed E-state index contributed by atoms with van der Waals surface area (Å²) < 4.78 is 77.2. The van der Waals surface area contributed by atoms with Crippen LogP contribution in [0.4, 0.5) is 26.3 Å². The molecular formula is C19H18F6N4O3. The molecule has 3 rings (SSSR count). The number of pyridine rings is 1. The number of benzene rings is 1. The van der Waals surface area contributed by atoms with Gasteiger partial charge in [0.1, 0.15) is 5.75 Å². The number of nitrogens with zero attached hydrogens (tertiary/aromatic N) is 3. The first-order valence-electron chi connectivity index (χ1n) is 8.84. The van der Waals surface area contributed by atoms with Gasteiger partial charge in [-0.15, -0.1) is 0 Å². The highest BCUT2D eigenvalue weighted by molar-refractivity contribution is 5.74. The van der Waals surface area contributed by atoms with Crippen LogP contribution >= 0.6 is 0 Å². The molecule has 7 nitrogen and oxygen atoms in total. The van der Waals surface area contributed by atoms with Gasteiger partial charge in [-0.3, -0.25) is 4.68 Å². The van der Waals surface area contributed by atoms with Crippen molar-refractivity contribution in [3.63, 3.8) is 0 Å². The number of rotatable bonds is 5. The van der Waals surface area contributed by atoms with E-state index in [9.17, 15) is 26.3 Å². The van der Waals surface area contributed by atoms with Gasteiger partial charge in [-0.25, -0.2) is 9.78 Å². The van der Waals surface area contributed by atoms with Crippen LogP contribution in [-0.2, 0) is 31.1 Å². The fourth-order valence-electron chi connectivity index (χ4n) is 2.58. The summed E-state index contributed by atoms with van der Waals surface area (Å²) in [4.78, 5) is 13.2. The molecule has 0 aliphatic heterocycles. The molecule has 2 heterocycles. The van der Waals surface area contributed by atoms with Crippen molar-refractivity contribution in [1.29, 1.82) is 0 Å². The molecular weight excluding hydrogens is 446 g/mol. The Hall–Kier alpha value is -3.35. The number of fused-ring (bicyclic) bond motifs is 1. The fraction of sp³-hybridized carbons (Fsp3) is 0.316. The number of carboxylic acids is 1. The van der Waals surface area contributed by atoms with E-state index < -0.39 is 23.9 Å². The van der Waals surface area contributed by atoms with Crippen molar-refractivity contribution in [1.82, 2.24) is 20.1 Å². The number of halogens is 6. The van der Waals surface area contributed by atoms with Crippen molar-refractivity contribution in [3.05, 3.63) is 53.3 Å². The smallest absolute Gasteiger partial charge is 0.490 e. The maximum atomic E-state index is 12.9. The fourth-order valence-corrected chi connectivity index (χ4v) is 2.58. The summed E-state index contributed by atoms with van der Waals surface area (Å²) in [5.41, 5.74) is 1.50. The lowest BCUT2D eigenvalue weighted by atomic mass is 10.1. The number of alkyl halides is 6. The first kappa shape index (κ1) is 24.9. The molecule has 2 aromatic heterocycles. The van der Waals surface area contributed by atoms with E-state index in [0.717, 1.165) is 28.7 Å². The van der Waals surface area contributed by atoms with Crippen molar-refractivity contribution in [2.45, 2.75) is 25.4 Å². The van der Waals surface area contributed by atoms with Gasteiger partial charge in [0, 0.05) is 31.7 Å². The molecule has 2 N–H and O–H groups in total. The summed E-state index contributed by atoms with van der Waals surface area (Å²) >= 11 is 0. The van der Waals surface area contributed by atoms with Gasteiger partial charge >= 0.3 is 18.3 Å². The molecule has 0 saturated heterocycles. The molecule has 1 aromatic carbocycles. The molecule has 0 unspecified atom stereocenters. The minimum absolute atomic E-state index is 0.185. The molecule has 0 aliphatic rings. The molecule has 3 aromatic rings. The summed E-state index contributed by atoms with van der Waals surface area (Å²) in [7, 11) is 3.16. The topological polar surface area (TPSA) is 89.3 Å². The van der Waals surface area contributed by atoms with Crippen molar-refractivity contribution < 1.29 is 41.0 Å². The van der Waals surface area contributed by atoms with Gasteiger partial charge in [-0.2, -0.15) is 31.4 Å². The Bertz CT molecular complexity index is 1080. The van der Waals surface area contributed by atoms with E-state index >= 15 is 0 Å². The monoisotopic (exact) mass is 464 g/mol. The lowest BCUT2D eigenvalue weighted by Gasteiger charge is -2.12. The Morgan fingerprint density at radius 2 is 1.69 bits per heavy atom. The highest BCUT2D eigenvalue weighted by Gasteiger charge is 2.38. The highest BCUT2D eigenvalue weighted by atomic mass is 19.4. The standard InChI is InChI=1S/C17H17F3N4O.C2HF3O2/c1-24-16-13(10-23-24)3-12(9-22-16)8-21-7-11-4-14(17(18,19)20)6-15(5-11)25-2;3-2(4,5)1(6)7/h3-6,9-10,21H,7-8H2,1-2H3;(H,6,7). The zero-order chi connectivity index (χ0) is 24.1. The number of hydrogen-bond acceptors (Lipinski definition) is 5. The molecule has 0 aliphatic carbocycles. The molecule has 0 radical (unpaired) electrons. The minimum Gasteiger partial charge on any atom is -0.497 e. The lowest BCUT2D eigenvalue weighted by Crippen LogP contribution is -2.21. The van der Waals surface area contributed by atoms with Crippen molar-refractivity contribution in [2.75, 3.05) is 7.11 Å². The largest absolute Gasteiger partial charge is 0.497 e. The van der Waals surface area contributed by atoms with Gasteiger partial charge in [0.25, 0.3) is 0 Å². The quantitative estimate of drug-likeness (QED) is 0.557. The first-order chi connectivity index (χ1) is 14.8. The van der Waals surface area contributed by atoms with Gasteiger partial charge in [0.15, 0.2) is 5.65 Å². The van der Waals surface area contributed by atoms with E-state index in [0.29, 0.717) is 12.1 Å². The van der Waals surface area contributed by atoms with E-state index in [-0.39, 0.29) is 12.3 Å². The van der Waals surface area contributed by atoms with E-state index in [1.165, 1.54) is 7.11 Å². The molecule has 0 spiro atoms. The van der Waals surface area contributed by atoms with Crippen LogP contribution in [-0.4, -0.2) is 39.1 Å². The van der Waals surface area contributed by atoms with Gasteiger partial charge < -0.3 is 15.2 Å². The number of carbonyl (C=O) groups is 1. The van der Waals surface area contributed by atoms with Crippen molar-refractivity contribution in [2.24, 2.45) is 7.05 Å². The summed E-state index contributed by atoms with van der Waals surface area (Å²) in [5.74, 6) is -2.57. The highest BCUT2D eigenvalue weighted by Crippen LogP contribution is 2.32. The normalized spacial score (nSPS) is 11.8. The lowest BCUT2D eigenvalue weighted by molar-refractivity contribution is -0.192.